The van der Waals surface area contributed by atoms with Crippen LogP contribution in [0.15, 0.2) is 60.7 Å². The van der Waals surface area contributed by atoms with E-state index in [1.165, 1.54) is 24.3 Å². The van der Waals surface area contributed by atoms with Crippen molar-refractivity contribution in [3.8, 4) is 0 Å². The Morgan fingerprint density at radius 3 is 0.955 bits per heavy atom. The second-order valence-electron chi connectivity index (χ2n) is 3.31. The molecule has 22 heavy (non-hydrogen) atoms. The van der Waals surface area contributed by atoms with Crippen molar-refractivity contribution in [1.29, 1.82) is 0 Å². The van der Waals surface area contributed by atoms with Crippen molar-refractivity contribution in [2.75, 3.05) is 0 Å². The Morgan fingerprint density at radius 1 is 0.591 bits per heavy atom. The summed E-state index contributed by atoms with van der Waals surface area (Å²) in [6.07, 6.45) is 0. The minimum atomic E-state index is -1.13. The van der Waals surface area contributed by atoms with E-state index in [0.29, 0.717) is 0 Å². The summed E-state index contributed by atoms with van der Waals surface area (Å²) in [6.45, 7) is 0. The van der Waals surface area contributed by atoms with Gasteiger partial charge < -0.3 is 36.2 Å². The summed E-state index contributed by atoms with van der Waals surface area (Å²) < 4.78 is 0. The zero-order valence-corrected chi connectivity index (χ0v) is 12.1. The summed E-state index contributed by atoms with van der Waals surface area (Å²) in [5.41, 5.74) is 0.440. The number of carbonyl (C=O) groups excluding carboxylic acids is 2. The second-order valence-corrected chi connectivity index (χ2v) is 3.31. The predicted molar refractivity (Wildman–Crippen MR) is 72.4 cm³/mol. The molecule has 0 aromatic heterocycles. The normalized spacial score (nSPS) is 7.27. The number of carbonyl (C=O) groups is 2. The number of carboxylic acids is 2. The van der Waals surface area contributed by atoms with Gasteiger partial charge in [0, 0.05) is 0 Å². The van der Waals surface area contributed by atoms with E-state index in [9.17, 15) is 19.8 Å². The monoisotopic (exact) mass is 359 g/mol. The average molecular weight is 360 g/mol. The van der Waals surface area contributed by atoms with Crippen LogP contribution in [0.5, 0.6) is 0 Å². The van der Waals surface area contributed by atoms with Gasteiger partial charge in [0.25, 0.3) is 0 Å². The standard InChI is InChI=1S/2C7H6O2.Cu.3H2O/c2*8-7(9)6-4-2-1-3-5-6;;;;/h2*1-5H,(H,8,9);;3*1H2/q;;+2;;;/p-2. The Kier molecular flexibility index (Phi) is 19.3. The molecule has 2 rings (SSSR count). The van der Waals surface area contributed by atoms with Crippen LogP contribution in [0.4, 0.5) is 0 Å². The molecule has 0 aliphatic heterocycles. The zero-order valence-electron chi connectivity index (χ0n) is 11.2. The van der Waals surface area contributed by atoms with E-state index in [0.717, 1.165) is 0 Å². The minimum Gasteiger partial charge on any atom is -0.545 e. The molecule has 0 fully saturated rings. The van der Waals surface area contributed by atoms with E-state index in [1.807, 2.05) is 0 Å². The summed E-state index contributed by atoms with van der Waals surface area (Å²) >= 11 is 0. The molecule has 1 radical (unpaired) electrons. The molecule has 6 N–H and O–H groups in total. The molecule has 0 aliphatic rings. The molecule has 2 aromatic rings. The molecule has 0 unspecified atom stereocenters. The molecule has 0 saturated heterocycles. The Balaban J connectivity index is -0.000000125. The van der Waals surface area contributed by atoms with Gasteiger partial charge in [-0.25, -0.2) is 0 Å². The molecule has 0 heterocycles. The molecular formula is C14H16CuO7. The van der Waals surface area contributed by atoms with Crippen molar-refractivity contribution >= 4 is 11.9 Å². The first kappa shape index (κ1) is 28.0. The van der Waals surface area contributed by atoms with E-state index in [4.69, 9.17) is 0 Å². The molecule has 125 valence electrons. The second kappa shape index (κ2) is 15.2. The fourth-order valence-electron chi connectivity index (χ4n) is 1.15. The number of benzene rings is 2. The van der Waals surface area contributed by atoms with Crippen LogP contribution in [0.1, 0.15) is 20.7 Å². The van der Waals surface area contributed by atoms with Crippen molar-refractivity contribution < 1.29 is 53.3 Å². The van der Waals surface area contributed by atoms with Crippen LogP contribution in [0, 0.1) is 0 Å². The van der Waals surface area contributed by atoms with Gasteiger partial charge in [0.1, 0.15) is 0 Å². The summed E-state index contributed by atoms with van der Waals surface area (Å²) in [4.78, 5) is 20.2. The Bertz CT molecular complexity index is 468. The summed E-state index contributed by atoms with van der Waals surface area (Å²) in [5, 5.41) is 20.2. The fraction of sp³-hybridized carbons (Fsp3) is 0. The van der Waals surface area contributed by atoms with Gasteiger partial charge in [-0.15, -0.1) is 0 Å². The van der Waals surface area contributed by atoms with E-state index in [1.54, 1.807) is 36.4 Å². The molecule has 0 bridgehead atoms. The maximum Gasteiger partial charge on any atom is 2.00 e. The van der Waals surface area contributed by atoms with Gasteiger partial charge in [0.2, 0.25) is 0 Å². The van der Waals surface area contributed by atoms with Crippen molar-refractivity contribution in [2.24, 2.45) is 0 Å². The van der Waals surface area contributed by atoms with Crippen LogP contribution in [-0.2, 0) is 17.1 Å². The van der Waals surface area contributed by atoms with E-state index >= 15 is 0 Å². The first-order valence-electron chi connectivity index (χ1n) is 5.14. The number of carboxylic acid groups (broad SMARTS) is 2. The molecule has 7 nitrogen and oxygen atoms in total. The van der Waals surface area contributed by atoms with E-state index in [-0.39, 0.29) is 44.6 Å². The fourth-order valence-corrected chi connectivity index (χ4v) is 1.15. The molecule has 0 spiro atoms. The summed E-state index contributed by atoms with van der Waals surface area (Å²) in [6, 6.07) is 16.1. The summed E-state index contributed by atoms with van der Waals surface area (Å²) in [7, 11) is 0. The maximum atomic E-state index is 10.1. The van der Waals surface area contributed by atoms with Gasteiger partial charge >= 0.3 is 17.1 Å². The SMILES string of the molecule is O.O.O.O=C([O-])c1ccccc1.O=C([O-])c1ccccc1.[Cu+2]. The van der Waals surface area contributed by atoms with Gasteiger partial charge in [0.15, 0.2) is 0 Å². The van der Waals surface area contributed by atoms with Gasteiger partial charge in [-0.1, -0.05) is 60.7 Å². The van der Waals surface area contributed by atoms with Crippen molar-refractivity contribution in [2.45, 2.75) is 0 Å². The van der Waals surface area contributed by atoms with Crippen LogP contribution < -0.4 is 10.2 Å². The molecule has 0 aliphatic carbocycles. The number of hydrogen-bond donors (Lipinski definition) is 0. The minimum absolute atomic E-state index is 0. The molecule has 0 atom stereocenters. The van der Waals surface area contributed by atoms with Crippen LogP contribution in [0.3, 0.4) is 0 Å². The third-order valence-corrected chi connectivity index (χ3v) is 2.02. The van der Waals surface area contributed by atoms with Crippen molar-refractivity contribution in [1.82, 2.24) is 0 Å². The smallest absolute Gasteiger partial charge is 0.545 e. The zero-order chi connectivity index (χ0) is 13.4. The van der Waals surface area contributed by atoms with Crippen molar-refractivity contribution in [3.05, 3.63) is 71.8 Å². The largest absolute Gasteiger partial charge is 2.00 e. The Labute approximate surface area is 137 Å². The van der Waals surface area contributed by atoms with E-state index < -0.39 is 11.9 Å². The first-order valence-corrected chi connectivity index (χ1v) is 5.14. The number of hydrogen-bond acceptors (Lipinski definition) is 4. The third kappa shape index (κ3) is 10.6. The topological polar surface area (TPSA) is 175 Å². The molecule has 8 heteroatoms. The Hall–Kier alpha value is -2.22. The Morgan fingerprint density at radius 2 is 0.818 bits per heavy atom. The predicted octanol–water partition coefficient (Wildman–Crippen LogP) is -2.38. The molecule has 0 amide bonds. The van der Waals surface area contributed by atoms with Crippen LogP contribution >= 0.6 is 0 Å². The van der Waals surface area contributed by atoms with Crippen LogP contribution in [-0.4, -0.2) is 28.4 Å². The van der Waals surface area contributed by atoms with Crippen molar-refractivity contribution in [3.63, 3.8) is 0 Å². The average Bonchev–Trinajstić information content (AvgIpc) is 2.41. The van der Waals surface area contributed by atoms with Gasteiger partial charge in [-0.05, 0) is 11.1 Å². The van der Waals surface area contributed by atoms with Crippen LogP contribution in [0.25, 0.3) is 0 Å². The quantitative estimate of drug-likeness (QED) is 0.544. The van der Waals surface area contributed by atoms with Gasteiger partial charge in [-0.2, -0.15) is 0 Å². The number of rotatable bonds is 2. The summed E-state index contributed by atoms with van der Waals surface area (Å²) in [5.74, 6) is -2.26. The first-order chi connectivity index (χ1) is 8.61. The molecule has 0 saturated carbocycles. The third-order valence-electron chi connectivity index (χ3n) is 2.02. The van der Waals surface area contributed by atoms with Gasteiger partial charge in [-0.3, -0.25) is 0 Å². The maximum absolute atomic E-state index is 10.1. The van der Waals surface area contributed by atoms with E-state index in [2.05, 4.69) is 0 Å². The molecular weight excluding hydrogens is 344 g/mol. The molecule has 2 aromatic carbocycles. The van der Waals surface area contributed by atoms with Crippen LogP contribution in [0.2, 0.25) is 0 Å². The number of aromatic carboxylic acids is 2. The van der Waals surface area contributed by atoms with Gasteiger partial charge in [0.05, 0.1) is 11.9 Å².